The van der Waals surface area contributed by atoms with Gasteiger partial charge in [0.1, 0.15) is 25.7 Å². The Labute approximate surface area is 152 Å². The SMILES string of the molecule is N=NC1([N+](=O)[O-])CC(N=N)([N+](=O)[O-])CC(N=N)([N+](=O)[O-])CC(N=N)([N+](=O)[O-])C1. The normalized spacial score (nSPS) is 35.4. The summed E-state index contributed by atoms with van der Waals surface area (Å²) in [5.41, 5.74) is 15.8. The molecule has 1 aliphatic carbocycles. The molecule has 0 bridgehead atoms. The lowest BCUT2D eigenvalue weighted by molar-refractivity contribution is -0.667. The minimum atomic E-state index is -3.14. The van der Waals surface area contributed by atoms with Gasteiger partial charge in [0.2, 0.25) is 0 Å². The first kappa shape index (κ1) is 22.0. The van der Waals surface area contributed by atoms with E-state index in [4.69, 9.17) is 22.1 Å². The Morgan fingerprint density at radius 3 is 0.714 bits per heavy atom. The van der Waals surface area contributed by atoms with Gasteiger partial charge in [0, 0.05) is 0 Å². The van der Waals surface area contributed by atoms with Gasteiger partial charge in [-0.15, -0.1) is 20.5 Å². The van der Waals surface area contributed by atoms with Gasteiger partial charge >= 0.3 is 22.7 Å². The Bertz CT molecular complexity index is 644. The number of hydrogen-bond donors (Lipinski definition) is 4. The highest BCUT2D eigenvalue weighted by Gasteiger charge is 2.74. The maximum absolute atomic E-state index is 11.5. The molecule has 28 heavy (non-hydrogen) atoms. The third kappa shape index (κ3) is 3.09. The highest BCUT2D eigenvalue weighted by Crippen LogP contribution is 2.48. The van der Waals surface area contributed by atoms with Crippen LogP contribution in [0.5, 0.6) is 0 Å². The number of hydrogen-bond acceptors (Lipinski definition) is 16. The summed E-state index contributed by atoms with van der Waals surface area (Å²) >= 11 is 0. The van der Waals surface area contributed by atoms with Gasteiger partial charge in [0.15, 0.2) is 0 Å². The van der Waals surface area contributed by atoms with Gasteiger partial charge in [0.05, 0.1) is 19.7 Å². The van der Waals surface area contributed by atoms with Crippen molar-refractivity contribution in [1.29, 1.82) is 22.1 Å². The molecule has 0 aromatic heterocycles. The van der Waals surface area contributed by atoms with Crippen molar-refractivity contribution < 1.29 is 19.7 Å². The minimum Gasteiger partial charge on any atom is -0.262 e. The molecule has 0 unspecified atom stereocenters. The van der Waals surface area contributed by atoms with Crippen LogP contribution in [0.2, 0.25) is 0 Å². The lowest BCUT2D eigenvalue weighted by Gasteiger charge is -2.35. The van der Waals surface area contributed by atoms with E-state index in [2.05, 4.69) is 20.5 Å². The average Bonchev–Trinajstić information content (AvgIpc) is 2.62. The Kier molecular flexibility index (Phi) is 5.48. The van der Waals surface area contributed by atoms with Crippen molar-refractivity contribution in [2.75, 3.05) is 0 Å². The zero-order chi connectivity index (χ0) is 22.0. The first-order valence-electron chi connectivity index (χ1n) is 6.97. The van der Waals surface area contributed by atoms with Crippen molar-refractivity contribution in [3.63, 3.8) is 0 Å². The van der Waals surface area contributed by atoms with Crippen LogP contribution in [0.25, 0.3) is 0 Å². The van der Waals surface area contributed by atoms with E-state index in [1.165, 1.54) is 0 Å². The van der Waals surface area contributed by atoms with E-state index in [1.807, 2.05) is 0 Å². The van der Waals surface area contributed by atoms with E-state index in [0.717, 1.165) is 0 Å². The fraction of sp³-hybridized carbons (Fsp3) is 1.00. The largest absolute Gasteiger partial charge is 0.347 e. The zero-order valence-electron chi connectivity index (χ0n) is 13.7. The van der Waals surface area contributed by atoms with Crippen LogP contribution in [0.1, 0.15) is 25.7 Å². The van der Waals surface area contributed by atoms with Crippen LogP contribution < -0.4 is 0 Å². The third-order valence-corrected chi connectivity index (χ3v) is 4.46. The van der Waals surface area contributed by atoms with Crippen molar-refractivity contribution in [2.24, 2.45) is 20.5 Å². The third-order valence-electron chi connectivity index (χ3n) is 4.46. The second-order valence-electron chi connectivity index (χ2n) is 6.11. The molecule has 1 fully saturated rings. The van der Waals surface area contributed by atoms with E-state index < -0.39 is 68.0 Å². The molecule has 0 amide bonds. The highest BCUT2D eigenvalue weighted by molar-refractivity contribution is 5.02. The smallest absolute Gasteiger partial charge is 0.262 e. The summed E-state index contributed by atoms with van der Waals surface area (Å²) in [4.78, 5) is 40.7. The molecule has 0 spiro atoms. The molecular weight excluding hydrogens is 392 g/mol. The first-order valence-corrected chi connectivity index (χ1v) is 6.97. The van der Waals surface area contributed by atoms with Crippen LogP contribution in [0.15, 0.2) is 20.5 Å². The lowest BCUT2D eigenvalue weighted by Crippen LogP contribution is -2.62. The zero-order valence-corrected chi connectivity index (χ0v) is 13.7. The van der Waals surface area contributed by atoms with Gasteiger partial charge in [-0.05, 0) is 0 Å². The molecule has 20 heteroatoms. The molecule has 1 rings (SSSR count). The predicted octanol–water partition coefficient (Wildman–Crippen LogP) is 1.58. The van der Waals surface area contributed by atoms with Crippen molar-refractivity contribution in [1.82, 2.24) is 0 Å². The van der Waals surface area contributed by atoms with Crippen LogP contribution in [0.3, 0.4) is 0 Å². The van der Waals surface area contributed by atoms with Crippen LogP contribution in [0, 0.1) is 62.6 Å². The van der Waals surface area contributed by atoms with Gasteiger partial charge in [-0.1, -0.05) is 0 Å². The van der Waals surface area contributed by atoms with E-state index in [-0.39, 0.29) is 0 Å². The Hall–Kier alpha value is -4.00. The van der Waals surface area contributed by atoms with E-state index >= 15 is 0 Å². The summed E-state index contributed by atoms with van der Waals surface area (Å²) < 4.78 is 0. The molecule has 0 aromatic carbocycles. The fourth-order valence-electron chi connectivity index (χ4n) is 3.06. The fourth-order valence-corrected chi connectivity index (χ4v) is 3.06. The quantitative estimate of drug-likeness (QED) is 0.260. The summed E-state index contributed by atoms with van der Waals surface area (Å²) in [5.74, 6) is 0. The maximum atomic E-state index is 11.5. The molecule has 0 aromatic rings. The molecule has 152 valence electrons. The van der Waals surface area contributed by atoms with Crippen molar-refractivity contribution in [2.45, 2.75) is 48.3 Å². The van der Waals surface area contributed by atoms with Gasteiger partial charge in [-0.3, -0.25) is 40.5 Å². The molecule has 1 aliphatic rings. The summed E-state index contributed by atoms with van der Waals surface area (Å²) in [7, 11) is 0. The Balaban J connectivity index is 3.98. The number of rotatable bonds is 8. The topological polar surface area (TPSA) is 317 Å². The molecule has 0 radical (unpaired) electrons. The maximum Gasteiger partial charge on any atom is 0.347 e. The Morgan fingerprint density at radius 1 is 0.500 bits per heavy atom. The molecule has 1 saturated carbocycles. The molecule has 4 N–H and O–H groups in total. The van der Waals surface area contributed by atoms with Crippen LogP contribution >= 0.6 is 0 Å². The number of nitrogens with one attached hydrogen (secondary N) is 4. The van der Waals surface area contributed by atoms with Gasteiger partial charge in [-0.25, -0.2) is 22.1 Å². The summed E-state index contributed by atoms with van der Waals surface area (Å²) in [5, 5.41) is 56.8. The second kappa shape index (κ2) is 6.96. The summed E-state index contributed by atoms with van der Waals surface area (Å²) in [6, 6.07) is 0. The molecule has 0 saturated heterocycles. The molecule has 0 aliphatic heterocycles. The minimum absolute atomic E-state index is 1.37. The van der Waals surface area contributed by atoms with Gasteiger partial charge in [-0.2, -0.15) is 0 Å². The van der Waals surface area contributed by atoms with Crippen molar-refractivity contribution >= 4 is 0 Å². The number of nitrogens with zero attached hydrogens (tertiary/aromatic N) is 8. The van der Waals surface area contributed by atoms with Crippen LogP contribution in [-0.2, 0) is 0 Å². The van der Waals surface area contributed by atoms with Crippen molar-refractivity contribution in [3.8, 4) is 0 Å². The molecule has 0 heterocycles. The standard InChI is InChI=1S/C8H12N12O8/c9-13-5(17(21)22)1-6(14-10,18(23)24)3-8(16-12,20(27)28)4-7(2-5,15-11)19(25)26/h9-12H,1-4H2. The predicted molar refractivity (Wildman–Crippen MR) is 78.0 cm³/mol. The van der Waals surface area contributed by atoms with Crippen molar-refractivity contribution in [3.05, 3.63) is 40.5 Å². The molecular formula is C8H12N12O8. The summed E-state index contributed by atoms with van der Waals surface area (Å²) in [6.07, 6.45) is -6.26. The van der Waals surface area contributed by atoms with Crippen LogP contribution in [0.4, 0.5) is 0 Å². The first-order chi connectivity index (χ1) is 12.8. The number of nitro groups is 4. The van der Waals surface area contributed by atoms with Gasteiger partial charge < -0.3 is 0 Å². The highest BCUT2D eigenvalue weighted by atomic mass is 16.7. The second-order valence-corrected chi connectivity index (χ2v) is 6.11. The van der Waals surface area contributed by atoms with E-state index in [1.54, 1.807) is 0 Å². The van der Waals surface area contributed by atoms with E-state index in [9.17, 15) is 40.5 Å². The van der Waals surface area contributed by atoms with Crippen LogP contribution in [-0.4, -0.2) is 42.3 Å². The molecule has 20 nitrogen and oxygen atoms in total. The average molecular weight is 404 g/mol. The van der Waals surface area contributed by atoms with E-state index in [0.29, 0.717) is 0 Å². The van der Waals surface area contributed by atoms with Gasteiger partial charge in [0.25, 0.3) is 0 Å². The molecule has 0 atom stereocenters. The lowest BCUT2D eigenvalue weighted by atomic mass is 9.75. The summed E-state index contributed by atoms with van der Waals surface area (Å²) in [6.45, 7) is 0. The monoisotopic (exact) mass is 404 g/mol. The Morgan fingerprint density at radius 2 is 0.643 bits per heavy atom.